The summed E-state index contributed by atoms with van der Waals surface area (Å²) in [6, 6.07) is 7.48. The molecule has 0 bridgehead atoms. The molecule has 1 fully saturated rings. The Labute approximate surface area is 162 Å². The molecule has 1 amide bonds. The van der Waals surface area contributed by atoms with Gasteiger partial charge in [0.2, 0.25) is 5.91 Å². The van der Waals surface area contributed by atoms with Crippen LogP contribution in [0.15, 0.2) is 24.3 Å². The number of hydrogen-bond acceptors (Lipinski definition) is 3. The van der Waals surface area contributed by atoms with Crippen LogP contribution in [0.3, 0.4) is 0 Å². The molecular formula is C19H30Cl2N2O2. The van der Waals surface area contributed by atoms with Gasteiger partial charge < -0.3 is 15.8 Å². The minimum absolute atomic E-state index is 0. The summed E-state index contributed by atoms with van der Waals surface area (Å²) in [5.74, 6) is 0.161. The number of benzene rings is 1. The molecule has 0 aliphatic carbocycles. The summed E-state index contributed by atoms with van der Waals surface area (Å²) in [4.78, 5) is 12.5. The van der Waals surface area contributed by atoms with Crippen molar-refractivity contribution in [3.63, 3.8) is 0 Å². The number of nitrogens with one attached hydrogen (secondary N) is 1. The van der Waals surface area contributed by atoms with E-state index in [1.165, 1.54) is 5.56 Å². The van der Waals surface area contributed by atoms with Gasteiger partial charge in [-0.1, -0.05) is 37.6 Å². The lowest BCUT2D eigenvalue weighted by Gasteiger charge is -2.34. The van der Waals surface area contributed by atoms with Crippen LogP contribution in [0.2, 0.25) is 5.02 Å². The highest BCUT2D eigenvalue weighted by Crippen LogP contribution is 2.32. The molecule has 142 valence electrons. The summed E-state index contributed by atoms with van der Waals surface area (Å²) in [6.45, 7) is 6.30. The van der Waals surface area contributed by atoms with E-state index in [0.29, 0.717) is 19.8 Å². The predicted octanol–water partition coefficient (Wildman–Crippen LogP) is 3.69. The van der Waals surface area contributed by atoms with Crippen molar-refractivity contribution >= 4 is 29.9 Å². The molecule has 3 N–H and O–H groups in total. The van der Waals surface area contributed by atoms with Gasteiger partial charge in [0.15, 0.2) is 0 Å². The van der Waals surface area contributed by atoms with Crippen LogP contribution < -0.4 is 11.1 Å². The zero-order valence-electron chi connectivity index (χ0n) is 15.1. The van der Waals surface area contributed by atoms with E-state index >= 15 is 0 Å². The third-order valence-corrected chi connectivity index (χ3v) is 5.74. The fraction of sp³-hybridized carbons (Fsp3) is 0.632. The lowest BCUT2D eigenvalue weighted by Crippen LogP contribution is -2.50. The van der Waals surface area contributed by atoms with Gasteiger partial charge in [-0.2, -0.15) is 0 Å². The van der Waals surface area contributed by atoms with Crippen LogP contribution in [-0.4, -0.2) is 31.7 Å². The Bertz CT molecular complexity index is 527. The summed E-state index contributed by atoms with van der Waals surface area (Å²) in [7, 11) is 0. The van der Waals surface area contributed by atoms with E-state index in [1.54, 1.807) is 0 Å². The molecule has 0 saturated carbocycles. The van der Waals surface area contributed by atoms with Crippen molar-refractivity contribution < 1.29 is 9.53 Å². The van der Waals surface area contributed by atoms with E-state index in [4.69, 9.17) is 22.1 Å². The van der Waals surface area contributed by atoms with Crippen molar-refractivity contribution in [2.75, 3.05) is 19.8 Å². The van der Waals surface area contributed by atoms with Crippen LogP contribution in [-0.2, 0) is 14.9 Å². The first kappa shape index (κ1) is 22.2. The average Bonchev–Trinajstić information content (AvgIpc) is 2.64. The summed E-state index contributed by atoms with van der Waals surface area (Å²) in [5, 5.41) is 3.83. The van der Waals surface area contributed by atoms with E-state index in [1.807, 2.05) is 12.1 Å². The number of halogens is 2. The largest absolute Gasteiger partial charge is 0.381 e. The molecule has 1 aliphatic heterocycles. The number of carbonyl (C=O) groups is 1. The molecule has 6 heteroatoms. The van der Waals surface area contributed by atoms with E-state index in [9.17, 15) is 4.79 Å². The molecule has 1 unspecified atom stereocenters. The monoisotopic (exact) mass is 388 g/mol. The minimum Gasteiger partial charge on any atom is -0.381 e. The normalized spacial score (nSPS) is 16.8. The second-order valence-corrected chi connectivity index (χ2v) is 7.12. The summed E-state index contributed by atoms with van der Waals surface area (Å²) in [6.07, 6.45) is 3.60. The van der Waals surface area contributed by atoms with Crippen LogP contribution in [0.1, 0.15) is 45.1 Å². The average molecular weight is 389 g/mol. The van der Waals surface area contributed by atoms with Gasteiger partial charge in [-0.3, -0.25) is 4.79 Å². The third-order valence-electron chi connectivity index (χ3n) is 5.49. The van der Waals surface area contributed by atoms with E-state index in [0.717, 1.165) is 30.7 Å². The van der Waals surface area contributed by atoms with Crippen molar-refractivity contribution in [1.29, 1.82) is 0 Å². The van der Waals surface area contributed by atoms with Crippen molar-refractivity contribution in [1.82, 2.24) is 5.32 Å². The van der Waals surface area contributed by atoms with Crippen molar-refractivity contribution in [3.05, 3.63) is 34.9 Å². The van der Waals surface area contributed by atoms with Gasteiger partial charge in [-0.25, -0.2) is 0 Å². The van der Waals surface area contributed by atoms with Crippen molar-refractivity contribution in [3.8, 4) is 0 Å². The lowest BCUT2D eigenvalue weighted by atomic mass is 9.75. The highest BCUT2D eigenvalue weighted by atomic mass is 35.5. The SMILES string of the molecule is CCC(CC)(CNC(=O)C(N)C1CCOCC1)c1ccc(Cl)cc1.Cl. The first-order valence-electron chi connectivity index (χ1n) is 8.89. The van der Waals surface area contributed by atoms with Gasteiger partial charge in [0.05, 0.1) is 6.04 Å². The Hall–Kier alpha value is -0.810. The number of ether oxygens (including phenoxy) is 1. The van der Waals surface area contributed by atoms with Gasteiger partial charge in [-0.05, 0) is 49.3 Å². The lowest BCUT2D eigenvalue weighted by molar-refractivity contribution is -0.124. The topological polar surface area (TPSA) is 64.4 Å². The molecule has 1 atom stereocenters. The molecule has 1 saturated heterocycles. The zero-order valence-corrected chi connectivity index (χ0v) is 16.7. The fourth-order valence-corrected chi connectivity index (χ4v) is 3.60. The first-order chi connectivity index (χ1) is 11.5. The minimum atomic E-state index is -0.453. The fourth-order valence-electron chi connectivity index (χ4n) is 3.48. The van der Waals surface area contributed by atoms with Gasteiger partial charge in [-0.15, -0.1) is 12.4 Å². The second-order valence-electron chi connectivity index (χ2n) is 6.69. The van der Waals surface area contributed by atoms with Crippen molar-refractivity contribution in [2.45, 2.75) is 51.0 Å². The maximum absolute atomic E-state index is 12.5. The maximum atomic E-state index is 12.5. The third kappa shape index (κ3) is 5.58. The molecule has 25 heavy (non-hydrogen) atoms. The summed E-state index contributed by atoms with van der Waals surface area (Å²) < 4.78 is 5.35. The molecule has 1 aromatic rings. The quantitative estimate of drug-likeness (QED) is 0.748. The number of rotatable bonds is 7. The maximum Gasteiger partial charge on any atom is 0.237 e. The van der Waals surface area contributed by atoms with Crippen LogP contribution in [0.25, 0.3) is 0 Å². The number of hydrogen-bond donors (Lipinski definition) is 2. The predicted molar refractivity (Wildman–Crippen MR) is 105 cm³/mol. The highest BCUT2D eigenvalue weighted by molar-refractivity contribution is 6.30. The van der Waals surface area contributed by atoms with Gasteiger partial charge >= 0.3 is 0 Å². The summed E-state index contributed by atoms with van der Waals surface area (Å²) >= 11 is 6.01. The summed E-state index contributed by atoms with van der Waals surface area (Å²) in [5.41, 5.74) is 7.30. The Morgan fingerprint density at radius 3 is 2.36 bits per heavy atom. The van der Waals surface area contributed by atoms with Crippen LogP contribution in [0.5, 0.6) is 0 Å². The zero-order chi connectivity index (χ0) is 17.6. The first-order valence-corrected chi connectivity index (χ1v) is 9.27. The Morgan fingerprint density at radius 1 is 1.28 bits per heavy atom. The van der Waals surface area contributed by atoms with Crippen LogP contribution >= 0.6 is 24.0 Å². The smallest absolute Gasteiger partial charge is 0.237 e. The highest BCUT2D eigenvalue weighted by Gasteiger charge is 2.31. The molecule has 2 rings (SSSR count). The molecule has 0 aromatic heterocycles. The molecule has 1 heterocycles. The number of carbonyl (C=O) groups excluding carboxylic acids is 1. The Kier molecular flexibility index (Phi) is 9.22. The number of nitrogens with two attached hydrogens (primary N) is 1. The Morgan fingerprint density at radius 2 is 1.84 bits per heavy atom. The van der Waals surface area contributed by atoms with Gasteiger partial charge in [0.25, 0.3) is 0 Å². The van der Waals surface area contributed by atoms with Gasteiger partial charge in [0.1, 0.15) is 0 Å². The van der Waals surface area contributed by atoms with Gasteiger partial charge in [0, 0.05) is 30.2 Å². The standard InChI is InChI=1S/C19H29ClN2O2.ClH/c1-3-19(4-2,15-5-7-16(20)8-6-15)13-22-18(23)17(21)14-9-11-24-12-10-14;/h5-8,14,17H,3-4,9-13,21H2,1-2H3,(H,22,23);1H. The van der Waals surface area contributed by atoms with E-state index < -0.39 is 6.04 Å². The molecule has 1 aliphatic rings. The second kappa shape index (κ2) is 10.4. The molecule has 0 radical (unpaired) electrons. The van der Waals surface area contributed by atoms with Crippen molar-refractivity contribution in [2.24, 2.45) is 11.7 Å². The van der Waals surface area contributed by atoms with Crippen LogP contribution in [0, 0.1) is 5.92 Å². The Balaban J connectivity index is 0.00000312. The molecule has 1 aromatic carbocycles. The molecule has 4 nitrogen and oxygen atoms in total. The van der Waals surface area contributed by atoms with Crippen LogP contribution in [0.4, 0.5) is 0 Å². The molecular weight excluding hydrogens is 359 g/mol. The molecule has 0 spiro atoms. The van der Waals surface area contributed by atoms with E-state index in [2.05, 4.69) is 31.3 Å². The number of amides is 1. The van der Waals surface area contributed by atoms with E-state index in [-0.39, 0.29) is 29.6 Å².